The molecule has 36 heavy (non-hydrogen) atoms. The molecular weight excluding hydrogens is 476 g/mol. The number of amides is 3. The van der Waals surface area contributed by atoms with Gasteiger partial charge in [0.2, 0.25) is 5.91 Å². The van der Waals surface area contributed by atoms with Crippen molar-refractivity contribution in [3.8, 4) is 11.5 Å². The average Bonchev–Trinajstić information content (AvgIpc) is 3.12. The highest BCUT2D eigenvalue weighted by atomic mass is 32.2. The van der Waals surface area contributed by atoms with Gasteiger partial charge in [-0.2, -0.15) is 0 Å². The molecule has 0 aliphatic carbocycles. The van der Waals surface area contributed by atoms with Gasteiger partial charge in [0.1, 0.15) is 31.3 Å². The number of para-hydroxylation sites is 2. The second-order valence-electron chi connectivity index (χ2n) is 8.17. The summed E-state index contributed by atoms with van der Waals surface area (Å²) in [5, 5.41) is 2.33. The van der Waals surface area contributed by atoms with Gasteiger partial charge in [0, 0.05) is 5.69 Å². The molecule has 4 rings (SSSR count). The van der Waals surface area contributed by atoms with Crippen LogP contribution < -0.4 is 14.8 Å². The van der Waals surface area contributed by atoms with E-state index in [0.717, 1.165) is 33.5 Å². The molecule has 0 unspecified atom stereocenters. The third-order valence-corrected chi connectivity index (χ3v) is 6.35. The van der Waals surface area contributed by atoms with Crippen molar-refractivity contribution in [1.82, 2.24) is 4.90 Å². The minimum atomic E-state index is -0.496. The monoisotopic (exact) mass is 502 g/mol. The van der Waals surface area contributed by atoms with Crippen LogP contribution in [0, 0.1) is 13.8 Å². The molecule has 1 N–H and O–H groups in total. The molecular formula is C28H26N2O5S. The van der Waals surface area contributed by atoms with Crippen LogP contribution in [0.4, 0.5) is 10.5 Å². The fraction of sp³-hybridized carbons (Fsp3) is 0.179. The second kappa shape index (κ2) is 11.6. The molecule has 1 fully saturated rings. The topological polar surface area (TPSA) is 84.9 Å². The predicted octanol–water partition coefficient (Wildman–Crippen LogP) is 5.44. The van der Waals surface area contributed by atoms with Crippen LogP contribution >= 0.6 is 11.8 Å². The number of nitrogens with zero attached hydrogens (tertiary/aromatic N) is 1. The minimum absolute atomic E-state index is 0.254. The molecule has 1 aliphatic rings. The summed E-state index contributed by atoms with van der Waals surface area (Å²) in [6.07, 6.45) is 1.63. The number of thioether (sulfide) groups is 1. The molecule has 7 nitrogen and oxygen atoms in total. The largest absolute Gasteiger partial charge is 0.490 e. The molecule has 0 atom stereocenters. The third-order valence-electron chi connectivity index (χ3n) is 5.44. The van der Waals surface area contributed by atoms with E-state index in [2.05, 4.69) is 5.32 Å². The van der Waals surface area contributed by atoms with Crippen LogP contribution in [-0.4, -0.2) is 41.7 Å². The maximum absolute atomic E-state index is 12.9. The highest BCUT2D eigenvalue weighted by molar-refractivity contribution is 8.18. The van der Waals surface area contributed by atoms with Gasteiger partial charge in [-0.1, -0.05) is 48.5 Å². The van der Waals surface area contributed by atoms with Crippen LogP contribution in [0.15, 0.2) is 77.7 Å². The number of carbonyl (C=O) groups excluding carboxylic acids is 3. The molecule has 0 aromatic heterocycles. The molecule has 0 saturated carbocycles. The van der Waals surface area contributed by atoms with Crippen LogP contribution in [0.2, 0.25) is 0 Å². The molecule has 1 heterocycles. The van der Waals surface area contributed by atoms with E-state index < -0.39 is 17.1 Å². The van der Waals surface area contributed by atoms with E-state index in [4.69, 9.17) is 9.47 Å². The fourth-order valence-electron chi connectivity index (χ4n) is 3.65. The lowest BCUT2D eigenvalue weighted by Crippen LogP contribution is -2.36. The average molecular weight is 503 g/mol. The van der Waals surface area contributed by atoms with E-state index in [0.29, 0.717) is 30.2 Å². The van der Waals surface area contributed by atoms with Gasteiger partial charge < -0.3 is 14.8 Å². The van der Waals surface area contributed by atoms with E-state index in [9.17, 15) is 14.4 Å². The molecule has 3 aromatic carbocycles. The van der Waals surface area contributed by atoms with E-state index in [1.807, 2.05) is 74.5 Å². The fourth-order valence-corrected chi connectivity index (χ4v) is 4.49. The molecule has 184 valence electrons. The molecule has 0 bridgehead atoms. The molecule has 8 heteroatoms. The zero-order chi connectivity index (χ0) is 25.5. The summed E-state index contributed by atoms with van der Waals surface area (Å²) in [5.74, 6) is 0.467. The van der Waals surface area contributed by atoms with Crippen molar-refractivity contribution < 1.29 is 23.9 Å². The SMILES string of the molecule is Cc1cccc(C)c1NC(=O)CN1C(=O)S/C(=C/c2cccc(OCCOc3ccccc3)c2)C1=O. The van der Waals surface area contributed by atoms with Crippen LogP contribution in [0.1, 0.15) is 16.7 Å². The lowest BCUT2D eigenvalue weighted by molar-refractivity contribution is -0.127. The van der Waals surface area contributed by atoms with Crippen LogP contribution in [0.25, 0.3) is 6.08 Å². The molecule has 3 aromatic rings. The van der Waals surface area contributed by atoms with Crippen molar-refractivity contribution in [3.05, 3.63) is 94.4 Å². The van der Waals surface area contributed by atoms with Crippen molar-refractivity contribution >= 4 is 40.6 Å². The molecule has 0 radical (unpaired) electrons. The summed E-state index contributed by atoms with van der Waals surface area (Å²) >= 11 is 0.814. The highest BCUT2D eigenvalue weighted by Gasteiger charge is 2.36. The Morgan fingerprint density at radius 1 is 0.889 bits per heavy atom. The first-order chi connectivity index (χ1) is 17.4. The van der Waals surface area contributed by atoms with Crippen LogP contribution in [0.5, 0.6) is 11.5 Å². The van der Waals surface area contributed by atoms with Gasteiger partial charge >= 0.3 is 0 Å². The van der Waals surface area contributed by atoms with E-state index in [1.54, 1.807) is 18.2 Å². The maximum atomic E-state index is 12.9. The van der Waals surface area contributed by atoms with Crippen LogP contribution in [0.3, 0.4) is 0 Å². The lowest BCUT2D eigenvalue weighted by Gasteiger charge is -2.15. The smallest absolute Gasteiger partial charge is 0.294 e. The molecule has 3 amide bonds. The number of rotatable bonds is 9. The Kier molecular flexibility index (Phi) is 8.07. The third kappa shape index (κ3) is 6.34. The normalized spacial score (nSPS) is 14.3. The van der Waals surface area contributed by atoms with Crippen molar-refractivity contribution in [3.63, 3.8) is 0 Å². The molecule has 1 saturated heterocycles. The number of anilines is 1. The summed E-state index contributed by atoms with van der Waals surface area (Å²) in [7, 11) is 0. The summed E-state index contributed by atoms with van der Waals surface area (Å²) in [5.41, 5.74) is 3.22. The quantitative estimate of drug-likeness (QED) is 0.310. The van der Waals surface area contributed by atoms with Gasteiger partial charge in [0.05, 0.1) is 4.91 Å². The zero-order valence-electron chi connectivity index (χ0n) is 20.0. The standard InChI is InChI=1S/C28H26N2O5S/c1-19-8-6-9-20(2)26(19)29-25(31)18-30-27(32)24(36-28(30)33)17-21-10-7-13-23(16-21)35-15-14-34-22-11-4-3-5-12-22/h3-13,16-17H,14-15,18H2,1-2H3,(H,29,31)/b24-17+. The summed E-state index contributed by atoms with van der Waals surface area (Å²) in [6, 6.07) is 22.4. The molecule has 1 aliphatic heterocycles. The zero-order valence-corrected chi connectivity index (χ0v) is 20.8. The number of nitrogens with one attached hydrogen (secondary N) is 1. The minimum Gasteiger partial charge on any atom is -0.490 e. The van der Waals surface area contributed by atoms with Gasteiger partial charge in [0.15, 0.2) is 0 Å². The van der Waals surface area contributed by atoms with Gasteiger partial charge in [-0.05, 0) is 72.6 Å². The first-order valence-corrected chi connectivity index (χ1v) is 12.2. The Labute approximate surface area is 214 Å². The lowest BCUT2D eigenvalue weighted by atomic mass is 10.1. The van der Waals surface area contributed by atoms with Crippen molar-refractivity contribution in [2.75, 3.05) is 25.1 Å². The van der Waals surface area contributed by atoms with Gasteiger partial charge in [-0.25, -0.2) is 0 Å². The summed E-state index contributed by atoms with van der Waals surface area (Å²) < 4.78 is 11.4. The predicted molar refractivity (Wildman–Crippen MR) is 141 cm³/mol. The number of imide groups is 1. The number of hydrogen-bond donors (Lipinski definition) is 1. The number of benzene rings is 3. The highest BCUT2D eigenvalue weighted by Crippen LogP contribution is 2.32. The summed E-state index contributed by atoms with van der Waals surface area (Å²) in [4.78, 5) is 39.1. The second-order valence-corrected chi connectivity index (χ2v) is 9.16. The van der Waals surface area contributed by atoms with Crippen LogP contribution in [-0.2, 0) is 9.59 Å². The van der Waals surface area contributed by atoms with E-state index in [1.165, 1.54) is 0 Å². The van der Waals surface area contributed by atoms with Gasteiger partial charge in [-0.15, -0.1) is 0 Å². The van der Waals surface area contributed by atoms with E-state index >= 15 is 0 Å². The Bertz CT molecular complexity index is 1290. The Hall–Kier alpha value is -4.04. The number of ether oxygens (including phenoxy) is 2. The Balaban J connectivity index is 1.34. The number of carbonyl (C=O) groups is 3. The van der Waals surface area contributed by atoms with Gasteiger partial charge in [0.25, 0.3) is 11.1 Å². The first kappa shape index (κ1) is 25.1. The summed E-state index contributed by atoms with van der Waals surface area (Å²) in [6.45, 7) is 4.17. The Morgan fingerprint density at radius 2 is 1.53 bits per heavy atom. The van der Waals surface area contributed by atoms with Crippen molar-refractivity contribution in [2.24, 2.45) is 0 Å². The Morgan fingerprint density at radius 3 is 2.25 bits per heavy atom. The van der Waals surface area contributed by atoms with E-state index in [-0.39, 0.29) is 11.4 Å². The number of aryl methyl sites for hydroxylation is 2. The van der Waals surface area contributed by atoms with Crippen molar-refractivity contribution in [2.45, 2.75) is 13.8 Å². The first-order valence-electron chi connectivity index (χ1n) is 11.4. The molecule has 0 spiro atoms. The van der Waals surface area contributed by atoms with Gasteiger partial charge in [-0.3, -0.25) is 19.3 Å². The number of hydrogen-bond acceptors (Lipinski definition) is 6. The maximum Gasteiger partial charge on any atom is 0.294 e. The van der Waals surface area contributed by atoms with Crippen molar-refractivity contribution in [1.29, 1.82) is 0 Å².